The monoisotopic (exact) mass is 250 g/mol. The van der Waals surface area contributed by atoms with Gasteiger partial charge in [0, 0.05) is 12.6 Å². The predicted molar refractivity (Wildman–Crippen MR) is 72.1 cm³/mol. The van der Waals surface area contributed by atoms with Crippen LogP contribution in [0.4, 0.5) is 0 Å². The molecular weight excluding hydrogens is 228 g/mol. The topological polar surface area (TPSA) is 66.6 Å². The van der Waals surface area contributed by atoms with E-state index in [0.29, 0.717) is 0 Å². The van der Waals surface area contributed by atoms with Gasteiger partial charge in [0.25, 0.3) is 0 Å². The lowest BCUT2D eigenvalue weighted by Gasteiger charge is -2.29. The zero-order valence-corrected chi connectivity index (χ0v) is 11.4. The summed E-state index contributed by atoms with van der Waals surface area (Å²) < 4.78 is 0. The predicted octanol–water partition coefficient (Wildman–Crippen LogP) is 1.89. The molecule has 0 aliphatic rings. The number of likely N-dealkylation sites (N-methyl/N-ethyl adjacent to an activating group) is 1. The van der Waals surface area contributed by atoms with Gasteiger partial charge in [-0.15, -0.1) is 0 Å². The molecule has 0 fully saturated rings. The van der Waals surface area contributed by atoms with Crippen LogP contribution in [0.15, 0.2) is 24.3 Å². The summed E-state index contributed by atoms with van der Waals surface area (Å²) in [6.45, 7) is 5.71. The van der Waals surface area contributed by atoms with E-state index in [2.05, 4.69) is 0 Å². The molecular formula is C14H22N2O2. The molecule has 0 aromatic heterocycles. The number of phenols is 1. The van der Waals surface area contributed by atoms with Crippen molar-refractivity contribution in [1.82, 2.24) is 4.90 Å². The molecule has 0 radical (unpaired) electrons. The zero-order valence-electron chi connectivity index (χ0n) is 11.4. The van der Waals surface area contributed by atoms with Gasteiger partial charge in [0.2, 0.25) is 5.91 Å². The Hall–Kier alpha value is -1.55. The molecule has 1 unspecified atom stereocenters. The first-order valence-electron chi connectivity index (χ1n) is 6.16. The lowest BCUT2D eigenvalue weighted by molar-refractivity contribution is -0.134. The van der Waals surface area contributed by atoms with E-state index in [4.69, 9.17) is 5.73 Å². The Morgan fingerprint density at radius 3 is 2.33 bits per heavy atom. The molecule has 4 heteroatoms. The van der Waals surface area contributed by atoms with Crippen LogP contribution in [0.2, 0.25) is 0 Å². The lowest BCUT2D eigenvalue weighted by Crippen LogP contribution is -2.45. The third kappa shape index (κ3) is 3.01. The maximum atomic E-state index is 12.1. The second-order valence-electron chi connectivity index (χ2n) is 4.95. The van der Waals surface area contributed by atoms with Crippen molar-refractivity contribution in [2.45, 2.75) is 32.9 Å². The summed E-state index contributed by atoms with van der Waals surface area (Å²) >= 11 is 0. The van der Waals surface area contributed by atoms with Crippen molar-refractivity contribution in [3.8, 4) is 5.75 Å². The molecule has 18 heavy (non-hydrogen) atoms. The Morgan fingerprint density at radius 1 is 1.28 bits per heavy atom. The highest BCUT2D eigenvalue weighted by atomic mass is 16.3. The van der Waals surface area contributed by atoms with Crippen LogP contribution in [0.25, 0.3) is 0 Å². The Labute approximate surface area is 108 Å². The fourth-order valence-electron chi connectivity index (χ4n) is 1.76. The van der Waals surface area contributed by atoms with E-state index in [-0.39, 0.29) is 23.6 Å². The third-order valence-electron chi connectivity index (χ3n) is 3.32. The normalized spacial score (nSPS) is 14.3. The number of carbonyl (C=O) groups excluding carboxylic acids is 1. The van der Waals surface area contributed by atoms with Crippen LogP contribution in [0.5, 0.6) is 5.75 Å². The number of rotatable bonds is 4. The fraction of sp³-hybridized carbons (Fsp3) is 0.500. The highest BCUT2D eigenvalue weighted by molar-refractivity contribution is 5.82. The molecule has 4 nitrogen and oxygen atoms in total. The van der Waals surface area contributed by atoms with Crippen molar-refractivity contribution in [1.29, 1.82) is 0 Å². The quantitative estimate of drug-likeness (QED) is 0.857. The van der Waals surface area contributed by atoms with Crippen molar-refractivity contribution >= 4 is 5.91 Å². The van der Waals surface area contributed by atoms with Gasteiger partial charge in [-0.05, 0) is 18.9 Å². The number of benzene rings is 1. The van der Waals surface area contributed by atoms with Gasteiger partial charge in [0.05, 0.1) is 12.1 Å². The van der Waals surface area contributed by atoms with Crippen molar-refractivity contribution in [3.63, 3.8) is 0 Å². The van der Waals surface area contributed by atoms with E-state index in [1.807, 2.05) is 32.9 Å². The number of phenolic OH excluding ortho intramolecular Hbond substituents is 1. The van der Waals surface area contributed by atoms with E-state index in [0.717, 1.165) is 5.56 Å². The summed E-state index contributed by atoms with van der Waals surface area (Å²) in [6, 6.07) is 6.31. The summed E-state index contributed by atoms with van der Waals surface area (Å²) in [5.74, 6) is 0.181. The van der Waals surface area contributed by atoms with Gasteiger partial charge in [0.15, 0.2) is 0 Å². The van der Waals surface area contributed by atoms with Gasteiger partial charge in [-0.1, -0.05) is 32.0 Å². The van der Waals surface area contributed by atoms with Crippen LogP contribution in [0.1, 0.15) is 32.4 Å². The van der Waals surface area contributed by atoms with E-state index < -0.39 is 6.04 Å². The molecule has 2 atom stereocenters. The summed E-state index contributed by atoms with van der Waals surface area (Å²) in [5, 5.41) is 9.79. The van der Waals surface area contributed by atoms with Crippen molar-refractivity contribution in [2.24, 2.45) is 11.7 Å². The summed E-state index contributed by atoms with van der Waals surface area (Å²) in [5.41, 5.74) is 6.59. The number of nitrogens with zero attached hydrogens (tertiary/aromatic N) is 1. The van der Waals surface area contributed by atoms with Crippen molar-refractivity contribution in [3.05, 3.63) is 29.8 Å². The average molecular weight is 250 g/mol. The molecule has 1 aromatic rings. The molecule has 0 aliphatic heterocycles. The standard InChI is InChI=1S/C14H22N2O2/c1-9(2)13(15)14(18)16(4)10(3)11-7-5-6-8-12(11)17/h5-10,13,17H,15H2,1-4H3/t10?,13-/m0/s1. The third-order valence-corrected chi connectivity index (χ3v) is 3.32. The van der Waals surface area contributed by atoms with Gasteiger partial charge in [-0.2, -0.15) is 0 Å². The van der Waals surface area contributed by atoms with Crippen LogP contribution in [-0.2, 0) is 4.79 Å². The maximum absolute atomic E-state index is 12.1. The van der Waals surface area contributed by atoms with Gasteiger partial charge >= 0.3 is 0 Å². The van der Waals surface area contributed by atoms with Crippen LogP contribution in [-0.4, -0.2) is 29.0 Å². The largest absolute Gasteiger partial charge is 0.508 e. The molecule has 0 aliphatic carbocycles. The molecule has 1 amide bonds. The van der Waals surface area contributed by atoms with Crippen LogP contribution >= 0.6 is 0 Å². The highest BCUT2D eigenvalue weighted by Gasteiger charge is 2.25. The van der Waals surface area contributed by atoms with Crippen LogP contribution in [0, 0.1) is 5.92 Å². The van der Waals surface area contributed by atoms with E-state index >= 15 is 0 Å². The van der Waals surface area contributed by atoms with Gasteiger partial charge in [-0.25, -0.2) is 0 Å². The first-order chi connectivity index (χ1) is 8.36. The Kier molecular flexibility index (Phi) is 4.73. The Bertz CT molecular complexity index is 418. The number of nitrogens with two attached hydrogens (primary N) is 1. The fourth-order valence-corrected chi connectivity index (χ4v) is 1.76. The second kappa shape index (κ2) is 5.87. The Morgan fingerprint density at radius 2 is 1.83 bits per heavy atom. The molecule has 1 rings (SSSR count). The maximum Gasteiger partial charge on any atom is 0.239 e. The van der Waals surface area contributed by atoms with Crippen LogP contribution < -0.4 is 5.73 Å². The number of hydrogen-bond acceptors (Lipinski definition) is 3. The molecule has 0 bridgehead atoms. The minimum Gasteiger partial charge on any atom is -0.508 e. The van der Waals surface area contributed by atoms with E-state index in [9.17, 15) is 9.90 Å². The number of para-hydroxylation sites is 1. The van der Waals surface area contributed by atoms with E-state index in [1.165, 1.54) is 0 Å². The number of hydrogen-bond donors (Lipinski definition) is 2. The molecule has 0 saturated heterocycles. The summed E-state index contributed by atoms with van der Waals surface area (Å²) in [6.07, 6.45) is 0. The van der Waals surface area contributed by atoms with Crippen molar-refractivity contribution in [2.75, 3.05) is 7.05 Å². The molecule has 0 spiro atoms. The zero-order chi connectivity index (χ0) is 13.9. The number of carbonyl (C=O) groups is 1. The van der Waals surface area contributed by atoms with Crippen LogP contribution in [0.3, 0.4) is 0 Å². The molecule has 1 aromatic carbocycles. The first-order valence-corrected chi connectivity index (χ1v) is 6.16. The lowest BCUT2D eigenvalue weighted by atomic mass is 10.0. The minimum atomic E-state index is -0.511. The summed E-state index contributed by atoms with van der Waals surface area (Å²) in [7, 11) is 1.71. The average Bonchev–Trinajstić information content (AvgIpc) is 2.35. The van der Waals surface area contributed by atoms with Crippen molar-refractivity contribution < 1.29 is 9.90 Å². The Balaban J connectivity index is 2.88. The van der Waals surface area contributed by atoms with Gasteiger partial charge in [-0.3, -0.25) is 4.79 Å². The molecule has 0 saturated carbocycles. The summed E-state index contributed by atoms with van der Waals surface area (Å²) in [4.78, 5) is 13.7. The SMILES string of the molecule is CC(C)[C@H](N)C(=O)N(C)C(C)c1ccccc1O. The minimum absolute atomic E-state index is 0.0940. The number of aromatic hydroxyl groups is 1. The number of amides is 1. The highest BCUT2D eigenvalue weighted by Crippen LogP contribution is 2.27. The molecule has 3 N–H and O–H groups in total. The second-order valence-corrected chi connectivity index (χ2v) is 4.95. The van der Waals surface area contributed by atoms with E-state index in [1.54, 1.807) is 24.1 Å². The van der Waals surface area contributed by atoms with Gasteiger partial charge < -0.3 is 15.7 Å². The first kappa shape index (κ1) is 14.5. The molecule has 100 valence electrons. The smallest absolute Gasteiger partial charge is 0.239 e. The molecule has 0 heterocycles. The van der Waals surface area contributed by atoms with Gasteiger partial charge in [0.1, 0.15) is 5.75 Å².